The summed E-state index contributed by atoms with van der Waals surface area (Å²) in [6.07, 6.45) is 4.82. The number of nitrogens with zero attached hydrogens (tertiary/aromatic N) is 2. The number of aryl methyl sites for hydroxylation is 1. The van der Waals surface area contributed by atoms with E-state index in [0.717, 1.165) is 25.3 Å². The highest BCUT2D eigenvalue weighted by atomic mass is 16.4. The van der Waals surface area contributed by atoms with E-state index in [1.54, 1.807) is 11.1 Å². The first kappa shape index (κ1) is 19.2. The number of hydrogen-bond acceptors (Lipinski definition) is 4. The Morgan fingerprint density at radius 1 is 1.48 bits per heavy atom. The molecular formula is C19H29N3O3. The number of carbonyl (C=O) groups excluding carboxylic acids is 2. The number of hydrogen-bond donors (Lipinski definition) is 1. The van der Waals surface area contributed by atoms with Crippen molar-refractivity contribution in [2.75, 3.05) is 13.1 Å². The molecule has 1 unspecified atom stereocenters. The van der Waals surface area contributed by atoms with Crippen molar-refractivity contribution in [3.05, 3.63) is 30.5 Å². The Morgan fingerprint density at radius 3 is 2.72 bits per heavy atom. The predicted molar refractivity (Wildman–Crippen MR) is 96.0 cm³/mol. The Bertz CT molecular complexity index is 624. The van der Waals surface area contributed by atoms with Crippen molar-refractivity contribution in [2.45, 2.75) is 58.4 Å². The van der Waals surface area contributed by atoms with Gasteiger partial charge < -0.3 is 14.6 Å². The van der Waals surface area contributed by atoms with E-state index >= 15 is 0 Å². The van der Waals surface area contributed by atoms with Gasteiger partial charge in [0.1, 0.15) is 5.76 Å². The molecule has 1 aromatic rings. The number of oxazole rings is 1. The zero-order valence-corrected chi connectivity index (χ0v) is 15.7. The van der Waals surface area contributed by atoms with Crippen LogP contribution >= 0.6 is 0 Å². The lowest BCUT2D eigenvalue weighted by Gasteiger charge is -2.40. The predicted octanol–water partition coefficient (Wildman–Crippen LogP) is 2.44. The maximum absolute atomic E-state index is 12.1. The fourth-order valence-corrected chi connectivity index (χ4v) is 2.93. The van der Waals surface area contributed by atoms with E-state index in [9.17, 15) is 9.59 Å². The highest BCUT2D eigenvalue weighted by molar-refractivity contribution is 5.87. The molecule has 1 saturated heterocycles. The minimum absolute atomic E-state index is 0.00126. The summed E-state index contributed by atoms with van der Waals surface area (Å²) >= 11 is 0. The lowest BCUT2D eigenvalue weighted by Crippen LogP contribution is -2.51. The molecule has 1 aliphatic rings. The van der Waals surface area contributed by atoms with Crippen molar-refractivity contribution in [1.29, 1.82) is 0 Å². The Balaban J connectivity index is 1.67. The lowest BCUT2D eigenvalue weighted by molar-refractivity contribution is -0.132. The zero-order chi connectivity index (χ0) is 18.6. The molecule has 0 bridgehead atoms. The number of likely N-dealkylation sites (tertiary alicyclic amines) is 1. The van der Waals surface area contributed by atoms with Crippen LogP contribution < -0.4 is 5.32 Å². The summed E-state index contributed by atoms with van der Waals surface area (Å²) in [6, 6.07) is 0.0909. The summed E-state index contributed by atoms with van der Waals surface area (Å²) in [7, 11) is 0. The summed E-state index contributed by atoms with van der Waals surface area (Å²) in [5.41, 5.74) is -0.0777. The minimum atomic E-state index is -0.0777. The number of carbonyl (C=O) groups is 2. The first-order valence-electron chi connectivity index (χ1n) is 8.85. The fraction of sp³-hybridized carbons (Fsp3) is 0.632. The van der Waals surface area contributed by atoms with Crippen LogP contribution in [0.25, 0.3) is 0 Å². The van der Waals surface area contributed by atoms with Gasteiger partial charge in [0.25, 0.3) is 0 Å². The molecule has 1 atom stereocenters. The van der Waals surface area contributed by atoms with E-state index < -0.39 is 0 Å². The summed E-state index contributed by atoms with van der Waals surface area (Å²) in [5, 5.41) is 3.01. The Labute approximate surface area is 149 Å². The molecule has 0 spiro atoms. The normalized spacial score (nSPS) is 16.2. The van der Waals surface area contributed by atoms with Gasteiger partial charge in [0.05, 0.1) is 6.20 Å². The van der Waals surface area contributed by atoms with Gasteiger partial charge in [-0.1, -0.05) is 27.4 Å². The standard InChI is InChI=1S/C19H29N3O3/c1-6-18(24)22-11-14(12-22)9-13(2)21-16(23)7-8-17-20-10-15(25-17)19(3,4)5/h6,10,13-14H,1,7-9,11-12H2,2-5H3,(H,21,23). The van der Waals surface area contributed by atoms with Crippen molar-refractivity contribution < 1.29 is 14.0 Å². The molecule has 2 rings (SSSR count). The molecule has 2 heterocycles. The van der Waals surface area contributed by atoms with E-state index in [1.807, 2.05) is 6.92 Å². The summed E-state index contributed by atoms with van der Waals surface area (Å²) in [4.78, 5) is 29.5. The van der Waals surface area contributed by atoms with Crippen molar-refractivity contribution >= 4 is 11.8 Å². The molecular weight excluding hydrogens is 318 g/mol. The number of amides is 2. The zero-order valence-electron chi connectivity index (χ0n) is 15.7. The van der Waals surface area contributed by atoms with Gasteiger partial charge >= 0.3 is 0 Å². The van der Waals surface area contributed by atoms with Crippen LogP contribution in [0.1, 0.15) is 52.2 Å². The number of aromatic nitrogens is 1. The molecule has 0 saturated carbocycles. The van der Waals surface area contributed by atoms with Crippen LogP contribution in [0.3, 0.4) is 0 Å². The molecule has 1 N–H and O–H groups in total. The average molecular weight is 347 g/mol. The molecule has 1 aliphatic heterocycles. The van der Waals surface area contributed by atoms with Gasteiger partial charge in [-0.3, -0.25) is 9.59 Å². The van der Waals surface area contributed by atoms with Gasteiger partial charge in [0, 0.05) is 37.4 Å². The fourth-order valence-electron chi connectivity index (χ4n) is 2.93. The molecule has 6 nitrogen and oxygen atoms in total. The molecule has 6 heteroatoms. The van der Waals surface area contributed by atoms with Crippen LogP contribution in [0, 0.1) is 5.92 Å². The van der Waals surface area contributed by atoms with Gasteiger partial charge in [-0.05, 0) is 25.3 Å². The van der Waals surface area contributed by atoms with E-state index in [1.165, 1.54) is 6.08 Å². The van der Waals surface area contributed by atoms with Crippen LogP contribution in [0.2, 0.25) is 0 Å². The SMILES string of the molecule is C=CC(=O)N1CC(CC(C)NC(=O)CCc2ncc(C(C)(C)C)o2)C1. The molecule has 0 radical (unpaired) electrons. The minimum Gasteiger partial charge on any atom is -0.445 e. The third-order valence-corrected chi connectivity index (χ3v) is 4.40. The van der Waals surface area contributed by atoms with E-state index in [-0.39, 0.29) is 23.3 Å². The van der Waals surface area contributed by atoms with Gasteiger partial charge in [0.2, 0.25) is 11.8 Å². The molecule has 25 heavy (non-hydrogen) atoms. The van der Waals surface area contributed by atoms with E-state index in [4.69, 9.17) is 4.42 Å². The van der Waals surface area contributed by atoms with Crippen LogP contribution in [-0.2, 0) is 21.4 Å². The topological polar surface area (TPSA) is 75.4 Å². The number of nitrogens with one attached hydrogen (secondary N) is 1. The third-order valence-electron chi connectivity index (χ3n) is 4.40. The van der Waals surface area contributed by atoms with E-state index in [0.29, 0.717) is 24.7 Å². The van der Waals surface area contributed by atoms with E-state index in [2.05, 4.69) is 37.7 Å². The largest absolute Gasteiger partial charge is 0.445 e. The van der Waals surface area contributed by atoms with Gasteiger partial charge in [-0.15, -0.1) is 0 Å². The molecule has 2 amide bonds. The van der Waals surface area contributed by atoms with Crippen LogP contribution in [0.5, 0.6) is 0 Å². The Hall–Kier alpha value is -2.11. The summed E-state index contributed by atoms with van der Waals surface area (Å²) in [6.45, 7) is 13.2. The van der Waals surface area contributed by atoms with Gasteiger partial charge in [0.15, 0.2) is 5.89 Å². The van der Waals surface area contributed by atoms with Gasteiger partial charge in [-0.2, -0.15) is 0 Å². The van der Waals surface area contributed by atoms with Crippen molar-refractivity contribution in [2.24, 2.45) is 5.92 Å². The monoisotopic (exact) mass is 347 g/mol. The van der Waals surface area contributed by atoms with Crippen LogP contribution in [0.15, 0.2) is 23.3 Å². The van der Waals surface area contributed by atoms with Crippen molar-refractivity contribution in [3.63, 3.8) is 0 Å². The van der Waals surface area contributed by atoms with Crippen LogP contribution in [0.4, 0.5) is 0 Å². The maximum Gasteiger partial charge on any atom is 0.245 e. The lowest BCUT2D eigenvalue weighted by atomic mass is 9.92. The second kappa shape index (κ2) is 7.85. The van der Waals surface area contributed by atoms with Gasteiger partial charge in [-0.25, -0.2) is 4.98 Å². The first-order chi connectivity index (χ1) is 11.7. The smallest absolute Gasteiger partial charge is 0.245 e. The molecule has 1 fully saturated rings. The second-order valence-corrected chi connectivity index (χ2v) is 7.89. The Morgan fingerprint density at radius 2 is 2.16 bits per heavy atom. The number of rotatable bonds is 7. The molecule has 0 aliphatic carbocycles. The average Bonchev–Trinajstić information content (AvgIpc) is 2.96. The molecule has 138 valence electrons. The summed E-state index contributed by atoms with van der Waals surface area (Å²) in [5.74, 6) is 1.86. The highest BCUT2D eigenvalue weighted by Crippen LogP contribution is 2.23. The summed E-state index contributed by atoms with van der Waals surface area (Å²) < 4.78 is 5.70. The first-order valence-corrected chi connectivity index (χ1v) is 8.85. The quantitative estimate of drug-likeness (QED) is 0.769. The third kappa shape index (κ3) is 5.44. The van der Waals surface area contributed by atoms with Crippen molar-refractivity contribution in [1.82, 2.24) is 15.2 Å². The maximum atomic E-state index is 12.1. The molecule has 1 aromatic heterocycles. The highest BCUT2D eigenvalue weighted by Gasteiger charge is 2.30. The van der Waals surface area contributed by atoms with Crippen molar-refractivity contribution in [3.8, 4) is 0 Å². The second-order valence-electron chi connectivity index (χ2n) is 7.89. The van der Waals surface area contributed by atoms with Crippen LogP contribution in [-0.4, -0.2) is 40.8 Å². The Kier molecular flexibility index (Phi) is 6.03. The molecule has 0 aromatic carbocycles.